The van der Waals surface area contributed by atoms with Crippen LogP contribution in [0, 0.1) is 11.7 Å². The molecule has 0 saturated heterocycles. The number of rotatable bonds is 6. The number of nitrogens with one attached hydrogen (secondary N) is 2. The Hall–Kier alpha value is -2.78. The van der Waals surface area contributed by atoms with E-state index in [1.807, 2.05) is 31.2 Å². The number of alkyl halides is 2. The number of halogens is 3. The van der Waals surface area contributed by atoms with Crippen LogP contribution in [0.2, 0.25) is 5.02 Å². The molecule has 0 aliphatic rings. The number of aromatic nitrogens is 3. The zero-order valence-corrected chi connectivity index (χ0v) is 16.2. The average Bonchev–Trinajstić information content (AvgIpc) is 2.97. The van der Waals surface area contributed by atoms with Crippen LogP contribution in [-0.2, 0) is 11.3 Å². The maximum atomic E-state index is 12.4. The molecule has 2 aromatic carbocycles. The monoisotopic (exact) mass is 424 g/mol. The Morgan fingerprint density at radius 3 is 2.82 bits per heavy atom. The first-order valence-electron chi connectivity index (χ1n) is 8.10. The summed E-state index contributed by atoms with van der Waals surface area (Å²) < 4.78 is 30.7. The largest absolute Gasteiger partial charge is 0.433 e. The van der Waals surface area contributed by atoms with Crippen LogP contribution in [0.1, 0.15) is 5.56 Å². The van der Waals surface area contributed by atoms with Crippen LogP contribution < -0.4 is 10.1 Å². The molecule has 1 heterocycles. The summed E-state index contributed by atoms with van der Waals surface area (Å²) >= 11 is 11.1. The first-order valence-corrected chi connectivity index (χ1v) is 8.88. The van der Waals surface area contributed by atoms with Gasteiger partial charge in [-0.3, -0.25) is 14.5 Å². The van der Waals surface area contributed by atoms with E-state index in [9.17, 15) is 13.6 Å². The number of aryl methyl sites for hydroxylation is 1. The highest BCUT2D eigenvalue weighted by molar-refractivity contribution is 7.71. The second kappa shape index (κ2) is 8.49. The van der Waals surface area contributed by atoms with Crippen molar-refractivity contribution >= 4 is 35.4 Å². The van der Waals surface area contributed by atoms with Crippen molar-refractivity contribution < 1.29 is 18.3 Å². The summed E-state index contributed by atoms with van der Waals surface area (Å²) in [6.45, 7) is -1.13. The molecule has 2 N–H and O–H groups in total. The lowest BCUT2D eigenvalue weighted by atomic mass is 10.1. The fourth-order valence-corrected chi connectivity index (χ4v) is 3.00. The predicted octanol–water partition coefficient (Wildman–Crippen LogP) is 4.81. The van der Waals surface area contributed by atoms with Crippen LogP contribution in [0.15, 0.2) is 42.5 Å². The number of carbonyl (C=O) groups excluding carboxylic acids is 1. The van der Waals surface area contributed by atoms with Crippen LogP contribution in [0.25, 0.3) is 11.4 Å². The van der Waals surface area contributed by atoms with Gasteiger partial charge in [0.25, 0.3) is 0 Å². The van der Waals surface area contributed by atoms with E-state index < -0.39 is 6.61 Å². The molecule has 0 saturated carbocycles. The first kappa shape index (κ1) is 20.0. The molecule has 28 heavy (non-hydrogen) atoms. The number of anilines is 1. The van der Waals surface area contributed by atoms with Crippen molar-refractivity contribution in [2.24, 2.45) is 0 Å². The molecule has 0 atom stereocenters. The van der Waals surface area contributed by atoms with Gasteiger partial charge in [-0.1, -0.05) is 35.4 Å². The van der Waals surface area contributed by atoms with Crippen molar-refractivity contribution in [3.05, 3.63) is 57.8 Å². The number of benzene rings is 2. The number of nitrogens with zero attached hydrogens (tertiary/aromatic N) is 2. The zero-order valence-electron chi connectivity index (χ0n) is 14.6. The third-order valence-corrected chi connectivity index (χ3v) is 4.37. The predicted molar refractivity (Wildman–Crippen MR) is 104 cm³/mol. The number of H-pyrrole nitrogens is 1. The Morgan fingerprint density at radius 1 is 1.36 bits per heavy atom. The van der Waals surface area contributed by atoms with Gasteiger partial charge in [-0.05, 0) is 43.4 Å². The van der Waals surface area contributed by atoms with Crippen LogP contribution in [0.3, 0.4) is 0 Å². The van der Waals surface area contributed by atoms with Gasteiger partial charge in [0.2, 0.25) is 5.91 Å². The molecule has 1 amide bonds. The van der Waals surface area contributed by atoms with E-state index >= 15 is 0 Å². The minimum absolute atomic E-state index is 0.0431. The standard InChI is InChI=1S/C18H15ClF2N4O2S/c1-10-3-2-4-11(7-10)16-23-24-18(28)25(16)9-15(26)22-12-5-6-14(13(19)8-12)27-17(20)21/h2-8,17H,9H2,1H3,(H,22,26)(H,24,28). The fourth-order valence-electron chi connectivity index (χ4n) is 2.58. The van der Waals surface area contributed by atoms with Crippen LogP contribution in [-0.4, -0.2) is 27.3 Å². The minimum atomic E-state index is -2.99. The highest BCUT2D eigenvalue weighted by atomic mass is 35.5. The van der Waals surface area contributed by atoms with Crippen LogP contribution in [0.5, 0.6) is 5.75 Å². The molecule has 3 aromatic rings. The second-order valence-corrected chi connectivity index (χ2v) is 6.67. The van der Waals surface area contributed by atoms with Gasteiger partial charge >= 0.3 is 6.61 Å². The molecule has 0 aliphatic carbocycles. The number of aromatic amines is 1. The topological polar surface area (TPSA) is 71.9 Å². The number of carbonyl (C=O) groups is 1. The minimum Gasteiger partial charge on any atom is -0.433 e. The summed E-state index contributed by atoms with van der Waals surface area (Å²) in [6, 6.07) is 11.6. The molecule has 6 nitrogen and oxygen atoms in total. The molecule has 0 bridgehead atoms. The average molecular weight is 425 g/mol. The van der Waals surface area contributed by atoms with E-state index in [1.54, 1.807) is 4.57 Å². The number of hydrogen-bond acceptors (Lipinski definition) is 4. The SMILES string of the molecule is Cc1cccc(-c2n[nH]c(=S)n2CC(=O)Nc2ccc(OC(F)F)c(Cl)c2)c1. The highest BCUT2D eigenvalue weighted by Crippen LogP contribution is 2.29. The molecular weight excluding hydrogens is 410 g/mol. The number of amides is 1. The molecule has 0 aliphatic heterocycles. The van der Waals surface area contributed by atoms with Crippen molar-refractivity contribution in [1.82, 2.24) is 14.8 Å². The van der Waals surface area contributed by atoms with Gasteiger partial charge in [0.1, 0.15) is 12.3 Å². The summed E-state index contributed by atoms with van der Waals surface area (Å²) in [7, 11) is 0. The molecule has 1 aromatic heterocycles. The highest BCUT2D eigenvalue weighted by Gasteiger charge is 2.14. The Kier molecular flexibility index (Phi) is 6.05. The van der Waals surface area contributed by atoms with Gasteiger partial charge in [-0.2, -0.15) is 13.9 Å². The quantitative estimate of drug-likeness (QED) is 0.557. The third kappa shape index (κ3) is 4.73. The Balaban J connectivity index is 1.77. The molecule has 0 radical (unpaired) electrons. The van der Waals surface area contributed by atoms with Crippen molar-refractivity contribution in [3.8, 4) is 17.1 Å². The van der Waals surface area contributed by atoms with Crippen LogP contribution in [0.4, 0.5) is 14.5 Å². The maximum absolute atomic E-state index is 12.4. The summed E-state index contributed by atoms with van der Waals surface area (Å²) in [5.74, 6) is -0.0268. The third-order valence-electron chi connectivity index (χ3n) is 3.77. The summed E-state index contributed by atoms with van der Waals surface area (Å²) in [5, 5.41) is 9.48. The summed E-state index contributed by atoms with van der Waals surface area (Å²) in [4.78, 5) is 12.4. The Labute approximate surface area is 169 Å². The van der Waals surface area contributed by atoms with Crippen molar-refractivity contribution in [1.29, 1.82) is 0 Å². The van der Waals surface area contributed by atoms with E-state index in [0.29, 0.717) is 16.3 Å². The zero-order chi connectivity index (χ0) is 20.3. The van der Waals surface area contributed by atoms with Crippen molar-refractivity contribution in [3.63, 3.8) is 0 Å². The van der Waals surface area contributed by atoms with Gasteiger partial charge < -0.3 is 10.1 Å². The van der Waals surface area contributed by atoms with Gasteiger partial charge in [-0.15, -0.1) is 0 Å². The molecule has 146 valence electrons. The number of ether oxygens (including phenoxy) is 1. The fraction of sp³-hybridized carbons (Fsp3) is 0.167. The maximum Gasteiger partial charge on any atom is 0.387 e. The van der Waals surface area contributed by atoms with E-state index in [1.165, 1.54) is 18.2 Å². The summed E-state index contributed by atoms with van der Waals surface area (Å²) in [6.07, 6.45) is 0. The smallest absolute Gasteiger partial charge is 0.387 e. The van der Waals surface area contributed by atoms with E-state index in [0.717, 1.165) is 11.1 Å². The molecule has 0 spiro atoms. The van der Waals surface area contributed by atoms with Gasteiger partial charge in [0.15, 0.2) is 10.6 Å². The molecular formula is C18H15ClF2N4O2S. The van der Waals surface area contributed by atoms with E-state index in [4.69, 9.17) is 23.8 Å². The lowest BCUT2D eigenvalue weighted by Crippen LogP contribution is -2.19. The number of hydrogen-bond donors (Lipinski definition) is 2. The molecule has 3 rings (SSSR count). The van der Waals surface area contributed by atoms with Crippen molar-refractivity contribution in [2.45, 2.75) is 20.1 Å². The summed E-state index contributed by atoms with van der Waals surface area (Å²) in [5.41, 5.74) is 2.20. The second-order valence-electron chi connectivity index (χ2n) is 5.88. The first-order chi connectivity index (χ1) is 13.3. The lowest BCUT2D eigenvalue weighted by Gasteiger charge is -2.11. The van der Waals surface area contributed by atoms with E-state index in [-0.39, 0.29) is 23.2 Å². The lowest BCUT2D eigenvalue weighted by molar-refractivity contribution is -0.116. The normalized spacial score (nSPS) is 10.9. The van der Waals surface area contributed by atoms with Crippen molar-refractivity contribution in [2.75, 3.05) is 5.32 Å². The van der Waals surface area contributed by atoms with Gasteiger partial charge in [-0.25, -0.2) is 0 Å². The Morgan fingerprint density at radius 2 is 2.14 bits per heavy atom. The van der Waals surface area contributed by atoms with Gasteiger partial charge in [0.05, 0.1) is 5.02 Å². The van der Waals surface area contributed by atoms with Gasteiger partial charge in [0, 0.05) is 11.3 Å². The molecule has 0 fully saturated rings. The molecule has 10 heteroatoms. The molecule has 0 unspecified atom stereocenters. The van der Waals surface area contributed by atoms with E-state index in [2.05, 4.69) is 20.3 Å². The Bertz CT molecular complexity index is 1070. The van der Waals surface area contributed by atoms with Crippen LogP contribution >= 0.6 is 23.8 Å².